The number of nitrogens with zero attached hydrogens (tertiary/aromatic N) is 2. The molecule has 2 unspecified atom stereocenters. The first-order chi connectivity index (χ1) is 13.5. The molecule has 2 aliphatic heterocycles. The van der Waals surface area contributed by atoms with Crippen LogP contribution in [0.5, 0.6) is 11.5 Å². The Labute approximate surface area is 166 Å². The molecule has 2 atom stereocenters. The van der Waals surface area contributed by atoms with Gasteiger partial charge in [0.2, 0.25) is 0 Å². The van der Waals surface area contributed by atoms with Gasteiger partial charge >= 0.3 is 0 Å². The van der Waals surface area contributed by atoms with Crippen LogP contribution in [0.4, 0.5) is 0 Å². The van der Waals surface area contributed by atoms with Crippen LogP contribution in [0.25, 0.3) is 0 Å². The second-order valence-electron chi connectivity index (χ2n) is 7.55. The Balaban J connectivity index is 1.65. The summed E-state index contributed by atoms with van der Waals surface area (Å²) in [5, 5.41) is 0. The van der Waals surface area contributed by atoms with Crippen molar-refractivity contribution in [2.24, 2.45) is 9.98 Å². The zero-order chi connectivity index (χ0) is 19.6. The van der Waals surface area contributed by atoms with Crippen molar-refractivity contribution in [3.05, 3.63) is 59.7 Å². The maximum absolute atomic E-state index is 6.44. The van der Waals surface area contributed by atoms with Crippen LogP contribution < -0.4 is 4.74 Å². The number of para-hydroxylation sites is 1. The number of rotatable bonds is 6. The molecule has 0 bridgehead atoms. The lowest BCUT2D eigenvalue weighted by Crippen LogP contribution is -2.37. The molecular weight excluding hydrogens is 352 g/mol. The standard InChI is InChI=1S/C23H26N2O3/c1-4-18-15-26-23(28-18,16-22(3)24-12-13-25-22)21-11-10-20(14-17(21)2)27-19-8-6-5-7-9-19/h5-14,18H,4,15-16H2,1-3H3. The fourth-order valence-corrected chi connectivity index (χ4v) is 3.80. The number of aryl methyl sites for hydroxylation is 1. The van der Waals surface area contributed by atoms with Gasteiger partial charge in [0, 0.05) is 18.0 Å². The van der Waals surface area contributed by atoms with Gasteiger partial charge < -0.3 is 14.2 Å². The van der Waals surface area contributed by atoms with Gasteiger partial charge in [0.15, 0.2) is 11.4 Å². The number of hydrogen-bond acceptors (Lipinski definition) is 5. The molecule has 2 heterocycles. The molecular formula is C23H26N2O3. The summed E-state index contributed by atoms with van der Waals surface area (Å²) in [7, 11) is 0. The Bertz CT molecular complexity index is 882. The Hall–Kier alpha value is -2.50. The topological polar surface area (TPSA) is 52.4 Å². The Kier molecular flexibility index (Phi) is 5.04. The molecule has 28 heavy (non-hydrogen) atoms. The number of ether oxygens (including phenoxy) is 3. The van der Waals surface area contributed by atoms with Gasteiger partial charge in [-0.05, 0) is 56.2 Å². The summed E-state index contributed by atoms with van der Waals surface area (Å²) >= 11 is 0. The fraction of sp³-hybridized carbons (Fsp3) is 0.391. The van der Waals surface area contributed by atoms with E-state index in [1.54, 1.807) is 12.4 Å². The zero-order valence-corrected chi connectivity index (χ0v) is 16.6. The van der Waals surface area contributed by atoms with Crippen LogP contribution in [0, 0.1) is 6.92 Å². The van der Waals surface area contributed by atoms with Gasteiger partial charge in [-0.25, -0.2) is 0 Å². The monoisotopic (exact) mass is 378 g/mol. The van der Waals surface area contributed by atoms with E-state index in [-0.39, 0.29) is 6.10 Å². The first-order valence-electron chi connectivity index (χ1n) is 9.77. The maximum Gasteiger partial charge on any atom is 0.199 e. The molecule has 2 aliphatic rings. The van der Waals surface area contributed by atoms with Crippen molar-refractivity contribution in [2.45, 2.75) is 51.2 Å². The molecule has 2 aromatic rings. The summed E-state index contributed by atoms with van der Waals surface area (Å²) in [6, 6.07) is 15.8. The highest BCUT2D eigenvalue weighted by atomic mass is 16.7. The van der Waals surface area contributed by atoms with Crippen LogP contribution in [-0.2, 0) is 15.3 Å². The van der Waals surface area contributed by atoms with Gasteiger partial charge in [-0.2, -0.15) is 0 Å². The Morgan fingerprint density at radius 1 is 1.07 bits per heavy atom. The molecule has 1 fully saturated rings. The van der Waals surface area contributed by atoms with E-state index in [4.69, 9.17) is 14.2 Å². The normalized spacial score (nSPS) is 25.3. The Morgan fingerprint density at radius 2 is 1.82 bits per heavy atom. The molecule has 0 spiro atoms. The lowest BCUT2D eigenvalue weighted by Gasteiger charge is -2.34. The van der Waals surface area contributed by atoms with E-state index in [1.807, 2.05) is 55.5 Å². The molecule has 0 aliphatic carbocycles. The third-order valence-electron chi connectivity index (χ3n) is 5.24. The summed E-state index contributed by atoms with van der Waals surface area (Å²) in [4.78, 5) is 9.05. The van der Waals surface area contributed by atoms with Crippen molar-refractivity contribution >= 4 is 12.4 Å². The highest BCUT2D eigenvalue weighted by Gasteiger charge is 2.48. The van der Waals surface area contributed by atoms with Gasteiger partial charge in [0.05, 0.1) is 19.1 Å². The zero-order valence-electron chi connectivity index (χ0n) is 16.6. The van der Waals surface area contributed by atoms with E-state index >= 15 is 0 Å². The fourth-order valence-electron chi connectivity index (χ4n) is 3.80. The van der Waals surface area contributed by atoms with E-state index in [1.165, 1.54) is 0 Å². The summed E-state index contributed by atoms with van der Waals surface area (Å²) in [6.45, 7) is 6.75. The molecule has 5 heteroatoms. The summed E-state index contributed by atoms with van der Waals surface area (Å²) < 4.78 is 18.7. The van der Waals surface area contributed by atoms with E-state index in [0.29, 0.717) is 13.0 Å². The highest BCUT2D eigenvalue weighted by molar-refractivity contribution is 6.17. The minimum Gasteiger partial charge on any atom is -0.457 e. The molecule has 0 N–H and O–H groups in total. The molecule has 0 amide bonds. The molecule has 2 aromatic carbocycles. The van der Waals surface area contributed by atoms with Gasteiger partial charge in [-0.15, -0.1) is 0 Å². The third kappa shape index (κ3) is 3.73. The second-order valence-corrected chi connectivity index (χ2v) is 7.55. The second kappa shape index (κ2) is 7.49. The minimum atomic E-state index is -0.857. The summed E-state index contributed by atoms with van der Waals surface area (Å²) in [5.74, 6) is 0.741. The van der Waals surface area contributed by atoms with Gasteiger partial charge in [0.1, 0.15) is 11.5 Å². The smallest absolute Gasteiger partial charge is 0.199 e. The average Bonchev–Trinajstić information content (AvgIpc) is 3.29. The van der Waals surface area contributed by atoms with Gasteiger partial charge in [-0.1, -0.05) is 25.1 Å². The maximum atomic E-state index is 6.44. The molecule has 0 radical (unpaired) electrons. The van der Waals surface area contributed by atoms with Crippen molar-refractivity contribution < 1.29 is 14.2 Å². The summed E-state index contributed by atoms with van der Waals surface area (Å²) in [5.41, 5.74) is 1.48. The average molecular weight is 378 g/mol. The van der Waals surface area contributed by atoms with Crippen LogP contribution in [0.3, 0.4) is 0 Å². The van der Waals surface area contributed by atoms with Gasteiger partial charge in [-0.3, -0.25) is 9.98 Å². The van der Waals surface area contributed by atoms with E-state index in [2.05, 4.69) is 23.8 Å². The van der Waals surface area contributed by atoms with E-state index < -0.39 is 11.4 Å². The summed E-state index contributed by atoms with van der Waals surface area (Å²) in [6.07, 6.45) is 4.98. The van der Waals surface area contributed by atoms with Crippen LogP contribution in [0.15, 0.2) is 58.5 Å². The van der Waals surface area contributed by atoms with Crippen molar-refractivity contribution in [3.63, 3.8) is 0 Å². The quantitative estimate of drug-likeness (QED) is 0.709. The van der Waals surface area contributed by atoms with Crippen molar-refractivity contribution in [2.75, 3.05) is 6.61 Å². The van der Waals surface area contributed by atoms with E-state index in [0.717, 1.165) is 29.0 Å². The highest BCUT2D eigenvalue weighted by Crippen LogP contribution is 2.45. The first kappa shape index (κ1) is 18.8. The van der Waals surface area contributed by atoms with Crippen LogP contribution >= 0.6 is 0 Å². The first-order valence-corrected chi connectivity index (χ1v) is 9.77. The molecule has 5 nitrogen and oxygen atoms in total. The SMILES string of the molecule is CCC1COC(CC2(C)N=CC=N2)(c2ccc(Oc3ccccc3)cc2C)O1. The number of aliphatic imine (C=N–C) groups is 2. The van der Waals surface area contributed by atoms with Crippen molar-refractivity contribution in [1.29, 1.82) is 0 Å². The van der Waals surface area contributed by atoms with Crippen molar-refractivity contribution in [3.8, 4) is 11.5 Å². The third-order valence-corrected chi connectivity index (χ3v) is 5.24. The lowest BCUT2D eigenvalue weighted by atomic mass is 9.92. The predicted octanol–water partition coefficient (Wildman–Crippen LogP) is 5.03. The molecule has 0 aromatic heterocycles. The number of benzene rings is 2. The molecule has 146 valence electrons. The van der Waals surface area contributed by atoms with Crippen LogP contribution in [0.2, 0.25) is 0 Å². The minimum absolute atomic E-state index is 0.0672. The largest absolute Gasteiger partial charge is 0.457 e. The lowest BCUT2D eigenvalue weighted by molar-refractivity contribution is -0.190. The molecule has 1 saturated heterocycles. The van der Waals surface area contributed by atoms with E-state index in [9.17, 15) is 0 Å². The van der Waals surface area contributed by atoms with Crippen LogP contribution in [0.1, 0.15) is 37.8 Å². The van der Waals surface area contributed by atoms with Crippen LogP contribution in [-0.4, -0.2) is 30.8 Å². The molecule has 4 rings (SSSR count). The number of hydrogen-bond donors (Lipinski definition) is 0. The van der Waals surface area contributed by atoms with Gasteiger partial charge in [0.25, 0.3) is 0 Å². The van der Waals surface area contributed by atoms with Crippen molar-refractivity contribution in [1.82, 2.24) is 0 Å². The predicted molar refractivity (Wildman–Crippen MR) is 110 cm³/mol. The molecule has 0 saturated carbocycles. The Morgan fingerprint density at radius 3 is 2.46 bits per heavy atom.